The Morgan fingerprint density at radius 1 is 1.03 bits per heavy atom. The summed E-state index contributed by atoms with van der Waals surface area (Å²) in [6.07, 6.45) is 0.791. The molecule has 0 saturated heterocycles. The first kappa shape index (κ1) is 22.3. The van der Waals surface area contributed by atoms with Gasteiger partial charge in [0.15, 0.2) is 0 Å². The van der Waals surface area contributed by atoms with Gasteiger partial charge in [-0.1, -0.05) is 36.4 Å². The van der Waals surface area contributed by atoms with Crippen LogP contribution in [0.4, 0.5) is 4.39 Å². The van der Waals surface area contributed by atoms with Crippen molar-refractivity contribution in [3.8, 4) is 22.7 Å². The van der Waals surface area contributed by atoms with Crippen LogP contribution >= 0.6 is 0 Å². The quantitative estimate of drug-likeness (QED) is 0.405. The van der Waals surface area contributed by atoms with Gasteiger partial charge in [0.2, 0.25) is 5.91 Å². The molecule has 0 aliphatic carbocycles. The Morgan fingerprint density at radius 3 is 2.55 bits per heavy atom. The van der Waals surface area contributed by atoms with Gasteiger partial charge in [0.05, 0.1) is 24.2 Å². The largest absolute Gasteiger partial charge is 0.497 e. The topological polar surface area (TPSA) is 56.2 Å². The van der Waals surface area contributed by atoms with Crippen molar-refractivity contribution in [2.45, 2.75) is 26.3 Å². The first-order valence-electron chi connectivity index (χ1n) is 10.8. The number of hydrogen-bond donors (Lipinski definition) is 1. The lowest BCUT2D eigenvalue weighted by Crippen LogP contribution is -2.23. The summed E-state index contributed by atoms with van der Waals surface area (Å²) in [6.45, 7) is 2.53. The maximum Gasteiger partial charge on any atom is 0.220 e. The molecule has 0 saturated carbocycles. The van der Waals surface area contributed by atoms with E-state index in [9.17, 15) is 9.18 Å². The number of methoxy groups -OCH3 is 1. The molecule has 0 spiro atoms. The summed E-state index contributed by atoms with van der Waals surface area (Å²) >= 11 is 0. The number of aromatic nitrogens is 2. The molecule has 5 nitrogen and oxygen atoms in total. The van der Waals surface area contributed by atoms with Crippen LogP contribution in [0.1, 0.15) is 23.2 Å². The standard InChI is InChI=1S/C27H26FN3O2/c1-19-6-3-4-7-21(19)18-29-27(32)15-10-23-17-26(20-8-5-9-22(28)16-20)31(30-23)24-11-13-25(33-2)14-12-24/h3-9,11-14,16-17H,10,15,18H2,1-2H3,(H,29,32). The minimum absolute atomic E-state index is 0.0374. The minimum Gasteiger partial charge on any atom is -0.497 e. The monoisotopic (exact) mass is 443 g/mol. The molecule has 0 aliphatic heterocycles. The van der Waals surface area contributed by atoms with Crippen LogP contribution in [-0.2, 0) is 17.8 Å². The third kappa shape index (κ3) is 5.47. The normalized spacial score (nSPS) is 10.8. The number of amides is 1. The van der Waals surface area contributed by atoms with Gasteiger partial charge in [-0.3, -0.25) is 4.79 Å². The summed E-state index contributed by atoms with van der Waals surface area (Å²) in [7, 11) is 1.61. The first-order valence-corrected chi connectivity index (χ1v) is 10.8. The maximum absolute atomic E-state index is 13.9. The summed E-state index contributed by atoms with van der Waals surface area (Å²) < 4.78 is 20.9. The molecular formula is C27H26FN3O2. The van der Waals surface area contributed by atoms with Crippen molar-refractivity contribution in [1.29, 1.82) is 0 Å². The van der Waals surface area contributed by atoms with E-state index in [1.165, 1.54) is 12.1 Å². The van der Waals surface area contributed by atoms with Gasteiger partial charge in [-0.15, -0.1) is 0 Å². The Kier molecular flexibility index (Phi) is 6.83. The van der Waals surface area contributed by atoms with Gasteiger partial charge in [-0.2, -0.15) is 5.10 Å². The van der Waals surface area contributed by atoms with Gasteiger partial charge >= 0.3 is 0 Å². The molecule has 0 aliphatic rings. The molecule has 0 atom stereocenters. The summed E-state index contributed by atoms with van der Waals surface area (Å²) in [5.74, 6) is 0.389. The Labute approximate surface area is 192 Å². The van der Waals surface area contributed by atoms with Crippen LogP contribution in [0, 0.1) is 12.7 Å². The zero-order chi connectivity index (χ0) is 23.2. The van der Waals surface area contributed by atoms with Crippen LogP contribution in [-0.4, -0.2) is 22.8 Å². The van der Waals surface area contributed by atoms with Crippen molar-refractivity contribution < 1.29 is 13.9 Å². The maximum atomic E-state index is 13.9. The number of rotatable bonds is 8. The molecule has 0 unspecified atom stereocenters. The van der Waals surface area contributed by atoms with E-state index in [-0.39, 0.29) is 11.7 Å². The fourth-order valence-electron chi connectivity index (χ4n) is 3.66. The molecule has 4 aromatic rings. The first-order chi connectivity index (χ1) is 16.0. The van der Waals surface area contributed by atoms with Crippen molar-refractivity contribution in [2.24, 2.45) is 0 Å². The summed E-state index contributed by atoms with van der Waals surface area (Å²) in [5.41, 5.74) is 5.31. The van der Waals surface area contributed by atoms with Crippen molar-refractivity contribution in [3.63, 3.8) is 0 Å². The predicted octanol–water partition coefficient (Wildman–Crippen LogP) is 5.24. The van der Waals surface area contributed by atoms with E-state index in [0.29, 0.717) is 24.9 Å². The van der Waals surface area contributed by atoms with Crippen LogP contribution in [0.5, 0.6) is 5.75 Å². The SMILES string of the molecule is COc1ccc(-n2nc(CCC(=O)NCc3ccccc3C)cc2-c2cccc(F)c2)cc1. The number of aryl methyl sites for hydroxylation is 2. The fraction of sp³-hybridized carbons (Fsp3) is 0.185. The van der Waals surface area contributed by atoms with Gasteiger partial charge in [0.1, 0.15) is 11.6 Å². The van der Waals surface area contributed by atoms with E-state index >= 15 is 0 Å². The van der Waals surface area contributed by atoms with Gasteiger partial charge in [-0.05, 0) is 60.5 Å². The van der Waals surface area contributed by atoms with Gasteiger partial charge < -0.3 is 10.1 Å². The van der Waals surface area contributed by atoms with Crippen LogP contribution in [0.15, 0.2) is 78.9 Å². The number of nitrogens with one attached hydrogen (secondary N) is 1. The van der Waals surface area contributed by atoms with Crippen LogP contribution in [0.2, 0.25) is 0 Å². The molecule has 4 rings (SSSR count). The van der Waals surface area contributed by atoms with Crippen LogP contribution < -0.4 is 10.1 Å². The van der Waals surface area contributed by atoms with E-state index in [2.05, 4.69) is 5.32 Å². The average Bonchev–Trinajstić information content (AvgIpc) is 3.27. The van der Waals surface area contributed by atoms with E-state index < -0.39 is 0 Å². The number of carbonyl (C=O) groups excluding carboxylic acids is 1. The Balaban J connectivity index is 1.52. The molecule has 33 heavy (non-hydrogen) atoms. The summed E-state index contributed by atoms with van der Waals surface area (Å²) in [6, 6.07) is 23.8. The fourth-order valence-corrected chi connectivity index (χ4v) is 3.66. The van der Waals surface area contributed by atoms with Gasteiger partial charge in [0, 0.05) is 24.9 Å². The van der Waals surface area contributed by atoms with E-state index in [1.54, 1.807) is 17.9 Å². The number of nitrogens with zero attached hydrogens (tertiary/aromatic N) is 2. The summed E-state index contributed by atoms with van der Waals surface area (Å²) in [5, 5.41) is 7.70. The van der Waals surface area contributed by atoms with Crippen molar-refractivity contribution in [3.05, 3.63) is 102 Å². The van der Waals surface area contributed by atoms with E-state index in [0.717, 1.165) is 34.0 Å². The van der Waals surface area contributed by atoms with E-state index in [4.69, 9.17) is 9.84 Å². The molecule has 0 fully saturated rings. The van der Waals surface area contributed by atoms with Gasteiger partial charge in [-0.25, -0.2) is 9.07 Å². The Hall–Kier alpha value is -3.93. The van der Waals surface area contributed by atoms with Crippen LogP contribution in [0.3, 0.4) is 0 Å². The number of ether oxygens (including phenoxy) is 1. The lowest BCUT2D eigenvalue weighted by atomic mass is 10.1. The molecule has 1 N–H and O–H groups in total. The highest BCUT2D eigenvalue weighted by molar-refractivity contribution is 5.76. The number of carbonyl (C=O) groups is 1. The zero-order valence-electron chi connectivity index (χ0n) is 18.7. The second-order valence-electron chi connectivity index (χ2n) is 7.84. The number of halogens is 1. The number of benzene rings is 3. The Bertz CT molecular complexity index is 1250. The third-order valence-corrected chi connectivity index (χ3v) is 5.54. The molecule has 3 aromatic carbocycles. The van der Waals surface area contributed by atoms with Crippen molar-refractivity contribution >= 4 is 5.91 Å². The molecule has 168 valence electrons. The van der Waals surface area contributed by atoms with Gasteiger partial charge in [0.25, 0.3) is 0 Å². The lowest BCUT2D eigenvalue weighted by Gasteiger charge is -2.09. The second-order valence-corrected chi connectivity index (χ2v) is 7.84. The molecule has 1 aromatic heterocycles. The smallest absolute Gasteiger partial charge is 0.220 e. The molecule has 0 radical (unpaired) electrons. The molecule has 0 bridgehead atoms. The molecule has 1 amide bonds. The van der Waals surface area contributed by atoms with E-state index in [1.807, 2.05) is 67.6 Å². The van der Waals surface area contributed by atoms with Crippen molar-refractivity contribution in [2.75, 3.05) is 7.11 Å². The highest BCUT2D eigenvalue weighted by Gasteiger charge is 2.14. The average molecular weight is 444 g/mol. The van der Waals surface area contributed by atoms with Crippen LogP contribution in [0.25, 0.3) is 16.9 Å². The molecule has 1 heterocycles. The zero-order valence-corrected chi connectivity index (χ0v) is 18.7. The molecular weight excluding hydrogens is 417 g/mol. The highest BCUT2D eigenvalue weighted by atomic mass is 19.1. The predicted molar refractivity (Wildman–Crippen MR) is 127 cm³/mol. The lowest BCUT2D eigenvalue weighted by molar-refractivity contribution is -0.121. The molecule has 6 heteroatoms. The third-order valence-electron chi connectivity index (χ3n) is 5.54. The summed E-state index contributed by atoms with van der Waals surface area (Å²) in [4.78, 5) is 12.4. The minimum atomic E-state index is -0.313. The second kappa shape index (κ2) is 10.1. The number of hydrogen-bond acceptors (Lipinski definition) is 3. The van der Waals surface area contributed by atoms with Crippen molar-refractivity contribution in [1.82, 2.24) is 15.1 Å². The highest BCUT2D eigenvalue weighted by Crippen LogP contribution is 2.26. The Morgan fingerprint density at radius 2 is 1.82 bits per heavy atom.